The Morgan fingerprint density at radius 1 is 0.850 bits per heavy atom. The molecule has 0 aliphatic rings. The Morgan fingerprint density at radius 2 is 1.55 bits per heavy atom. The van der Waals surface area contributed by atoms with Crippen molar-refractivity contribution in [3.63, 3.8) is 0 Å². The largest absolute Gasteiger partial charge is 0.335 e. The maximum absolute atomic E-state index is 5.48. The molecular weight excluding hydrogens is 250 g/mol. The lowest BCUT2D eigenvalue weighted by Crippen LogP contribution is -1.94. The maximum Gasteiger partial charge on any atom is 0.261 e. The second-order valence-corrected chi connectivity index (χ2v) is 4.51. The Labute approximate surface area is 115 Å². The third-order valence-electron chi connectivity index (χ3n) is 3.25. The molecule has 0 radical (unpaired) electrons. The van der Waals surface area contributed by atoms with E-state index in [9.17, 15) is 0 Å². The fraction of sp³-hybridized carbons (Fsp3) is 0. The molecule has 0 aliphatic heterocycles. The Morgan fingerprint density at radius 3 is 2.30 bits per heavy atom. The molecule has 0 N–H and O–H groups in total. The highest BCUT2D eigenvalue weighted by Crippen LogP contribution is 2.28. The fourth-order valence-electron chi connectivity index (χ4n) is 2.28. The highest BCUT2D eigenvalue weighted by atomic mass is 16.5. The van der Waals surface area contributed by atoms with Crippen LogP contribution in [-0.2, 0) is 0 Å². The second-order valence-electron chi connectivity index (χ2n) is 4.51. The molecule has 0 spiro atoms. The summed E-state index contributed by atoms with van der Waals surface area (Å²) in [4.78, 5) is 0. The van der Waals surface area contributed by atoms with Gasteiger partial charge in [-0.1, -0.05) is 53.7 Å². The van der Waals surface area contributed by atoms with Crippen molar-refractivity contribution >= 4 is 11.1 Å². The first-order valence-corrected chi connectivity index (χ1v) is 6.38. The SMILES string of the molecule is c1ccc(-c2noc3c2cnn3-c2ccccc2)cc1. The Hall–Kier alpha value is -2.88. The molecule has 0 amide bonds. The summed E-state index contributed by atoms with van der Waals surface area (Å²) in [6.07, 6.45) is 1.79. The summed E-state index contributed by atoms with van der Waals surface area (Å²) in [5.41, 5.74) is 3.47. The number of hydrogen-bond donors (Lipinski definition) is 0. The van der Waals surface area contributed by atoms with Crippen LogP contribution in [0, 0.1) is 0 Å². The number of fused-ring (bicyclic) bond motifs is 1. The van der Waals surface area contributed by atoms with Gasteiger partial charge in [-0.05, 0) is 12.1 Å². The van der Waals surface area contributed by atoms with Crippen LogP contribution in [0.5, 0.6) is 0 Å². The summed E-state index contributed by atoms with van der Waals surface area (Å²) < 4.78 is 7.24. The normalized spacial score (nSPS) is 11.0. The first kappa shape index (κ1) is 11.0. The summed E-state index contributed by atoms with van der Waals surface area (Å²) in [6.45, 7) is 0. The number of rotatable bonds is 2. The van der Waals surface area contributed by atoms with E-state index in [1.807, 2.05) is 60.7 Å². The zero-order valence-corrected chi connectivity index (χ0v) is 10.6. The third kappa shape index (κ3) is 1.62. The lowest BCUT2D eigenvalue weighted by molar-refractivity contribution is 0.442. The number of aromatic nitrogens is 3. The molecule has 0 bridgehead atoms. The second kappa shape index (κ2) is 4.35. The standard InChI is InChI=1S/C16H11N3O/c1-3-7-12(8-4-1)15-14-11-17-19(16(14)20-18-15)13-9-5-2-6-10-13/h1-11H. The predicted molar refractivity (Wildman–Crippen MR) is 76.6 cm³/mol. The van der Waals surface area contributed by atoms with E-state index < -0.39 is 0 Å². The molecule has 0 saturated carbocycles. The molecule has 2 aromatic carbocycles. The summed E-state index contributed by atoms with van der Waals surface area (Å²) in [6, 6.07) is 19.8. The Bertz CT molecular complexity index is 774. The van der Waals surface area contributed by atoms with Crippen molar-refractivity contribution in [2.75, 3.05) is 0 Å². The lowest BCUT2D eigenvalue weighted by atomic mass is 10.1. The van der Waals surface area contributed by atoms with E-state index in [1.165, 1.54) is 0 Å². The quantitative estimate of drug-likeness (QED) is 0.553. The molecule has 4 aromatic rings. The highest BCUT2D eigenvalue weighted by Gasteiger charge is 2.15. The number of nitrogens with zero attached hydrogens (tertiary/aromatic N) is 3. The maximum atomic E-state index is 5.48. The molecule has 4 heteroatoms. The van der Waals surface area contributed by atoms with Gasteiger partial charge in [0.2, 0.25) is 0 Å². The molecule has 0 unspecified atom stereocenters. The molecule has 4 rings (SSSR count). The average Bonchev–Trinajstić information content (AvgIpc) is 3.10. The fourth-order valence-corrected chi connectivity index (χ4v) is 2.28. The van der Waals surface area contributed by atoms with Crippen LogP contribution >= 0.6 is 0 Å². The van der Waals surface area contributed by atoms with Gasteiger partial charge < -0.3 is 4.52 Å². The van der Waals surface area contributed by atoms with Crippen LogP contribution in [0.1, 0.15) is 0 Å². The van der Waals surface area contributed by atoms with Crippen molar-refractivity contribution in [2.24, 2.45) is 0 Å². The number of hydrogen-bond acceptors (Lipinski definition) is 3. The molecule has 0 aliphatic carbocycles. The molecule has 4 nitrogen and oxygen atoms in total. The lowest BCUT2D eigenvalue weighted by Gasteiger charge is -1.98. The zero-order valence-electron chi connectivity index (χ0n) is 10.6. The van der Waals surface area contributed by atoms with Crippen molar-refractivity contribution in [1.29, 1.82) is 0 Å². The van der Waals surface area contributed by atoms with Gasteiger partial charge in [-0.2, -0.15) is 9.78 Å². The van der Waals surface area contributed by atoms with Crippen molar-refractivity contribution in [3.05, 3.63) is 66.9 Å². The average molecular weight is 261 g/mol. The minimum atomic E-state index is 0.662. The predicted octanol–water partition coefficient (Wildman–Crippen LogP) is 3.68. The van der Waals surface area contributed by atoms with Crippen LogP contribution in [0.3, 0.4) is 0 Å². The van der Waals surface area contributed by atoms with Crippen LogP contribution < -0.4 is 0 Å². The van der Waals surface area contributed by atoms with Crippen molar-refractivity contribution < 1.29 is 4.52 Å². The van der Waals surface area contributed by atoms with Crippen LogP contribution in [0.15, 0.2) is 71.4 Å². The number of para-hydroxylation sites is 1. The van der Waals surface area contributed by atoms with Crippen LogP contribution in [0.2, 0.25) is 0 Å². The molecular formula is C16H11N3O. The van der Waals surface area contributed by atoms with Gasteiger partial charge in [0, 0.05) is 5.56 Å². The van der Waals surface area contributed by atoms with E-state index in [1.54, 1.807) is 10.9 Å². The van der Waals surface area contributed by atoms with E-state index in [-0.39, 0.29) is 0 Å². The van der Waals surface area contributed by atoms with E-state index in [0.717, 1.165) is 22.3 Å². The van der Waals surface area contributed by atoms with Gasteiger partial charge in [-0.25, -0.2) is 0 Å². The van der Waals surface area contributed by atoms with Crippen LogP contribution in [-0.4, -0.2) is 14.9 Å². The topological polar surface area (TPSA) is 43.9 Å². The molecule has 20 heavy (non-hydrogen) atoms. The Balaban J connectivity index is 1.91. The molecule has 0 atom stereocenters. The van der Waals surface area contributed by atoms with E-state index in [2.05, 4.69) is 10.3 Å². The molecule has 0 saturated heterocycles. The van der Waals surface area contributed by atoms with Gasteiger partial charge in [-0.15, -0.1) is 0 Å². The molecule has 96 valence electrons. The van der Waals surface area contributed by atoms with Crippen molar-refractivity contribution in [2.45, 2.75) is 0 Å². The monoisotopic (exact) mass is 261 g/mol. The van der Waals surface area contributed by atoms with Gasteiger partial charge >= 0.3 is 0 Å². The van der Waals surface area contributed by atoms with E-state index in [0.29, 0.717) is 5.71 Å². The molecule has 2 heterocycles. The summed E-state index contributed by atoms with van der Waals surface area (Å²) in [5, 5.41) is 9.49. The van der Waals surface area contributed by atoms with Crippen molar-refractivity contribution in [3.8, 4) is 16.9 Å². The Kier molecular flexibility index (Phi) is 2.39. The van der Waals surface area contributed by atoms with E-state index >= 15 is 0 Å². The molecule has 2 aromatic heterocycles. The van der Waals surface area contributed by atoms with Crippen LogP contribution in [0.25, 0.3) is 28.0 Å². The van der Waals surface area contributed by atoms with Gasteiger partial charge in [0.15, 0.2) is 0 Å². The summed E-state index contributed by atoms with van der Waals surface area (Å²) in [5.74, 6) is 0. The van der Waals surface area contributed by atoms with Gasteiger partial charge in [0.05, 0.1) is 17.3 Å². The third-order valence-corrected chi connectivity index (χ3v) is 3.25. The first-order chi connectivity index (χ1) is 9.93. The minimum absolute atomic E-state index is 0.662. The zero-order chi connectivity index (χ0) is 13.4. The summed E-state index contributed by atoms with van der Waals surface area (Å²) in [7, 11) is 0. The number of benzene rings is 2. The summed E-state index contributed by atoms with van der Waals surface area (Å²) >= 11 is 0. The van der Waals surface area contributed by atoms with Crippen LogP contribution in [0.4, 0.5) is 0 Å². The van der Waals surface area contributed by atoms with Crippen molar-refractivity contribution in [1.82, 2.24) is 14.9 Å². The van der Waals surface area contributed by atoms with Gasteiger partial charge in [0.25, 0.3) is 5.71 Å². The van der Waals surface area contributed by atoms with Gasteiger partial charge in [0.1, 0.15) is 5.69 Å². The minimum Gasteiger partial charge on any atom is -0.335 e. The molecule has 0 fully saturated rings. The van der Waals surface area contributed by atoms with E-state index in [4.69, 9.17) is 4.52 Å². The highest BCUT2D eigenvalue weighted by molar-refractivity contribution is 5.90. The first-order valence-electron chi connectivity index (χ1n) is 6.38. The smallest absolute Gasteiger partial charge is 0.261 e. The van der Waals surface area contributed by atoms with Gasteiger partial charge in [-0.3, -0.25) is 0 Å².